The first-order valence-electron chi connectivity index (χ1n) is 5.21. The molecule has 1 aromatic carbocycles. The number of carbonyl (C=O) groups is 1. The van der Waals surface area contributed by atoms with Gasteiger partial charge in [-0.3, -0.25) is 4.79 Å². The minimum atomic E-state index is 0. The van der Waals surface area contributed by atoms with Crippen LogP contribution in [0.3, 0.4) is 0 Å². The van der Waals surface area contributed by atoms with Crippen LogP contribution in [0.4, 0.5) is 11.4 Å². The van der Waals surface area contributed by atoms with Gasteiger partial charge in [0, 0.05) is 19.0 Å². The SMILES string of the molecule is CCCC(=O)c1cc(N)c(NC)cc1C.Cl. The molecular weight excluding hydrogens is 224 g/mol. The summed E-state index contributed by atoms with van der Waals surface area (Å²) in [5.74, 6) is 0.171. The molecule has 0 bridgehead atoms. The fourth-order valence-corrected chi connectivity index (χ4v) is 1.60. The molecule has 4 heteroatoms. The normalized spacial score (nSPS) is 9.44. The van der Waals surface area contributed by atoms with Crippen LogP contribution in [0.1, 0.15) is 35.7 Å². The molecule has 0 radical (unpaired) electrons. The first kappa shape index (κ1) is 14.8. The Balaban J connectivity index is 0.00000225. The van der Waals surface area contributed by atoms with Crippen LogP contribution in [0.5, 0.6) is 0 Å². The third-order valence-corrected chi connectivity index (χ3v) is 2.44. The van der Waals surface area contributed by atoms with Crippen molar-refractivity contribution in [3.63, 3.8) is 0 Å². The highest BCUT2D eigenvalue weighted by atomic mass is 35.5. The maximum atomic E-state index is 11.7. The fourth-order valence-electron chi connectivity index (χ4n) is 1.60. The van der Waals surface area contributed by atoms with Gasteiger partial charge in [-0.05, 0) is 31.0 Å². The largest absolute Gasteiger partial charge is 0.397 e. The van der Waals surface area contributed by atoms with E-state index < -0.39 is 0 Å². The number of nitrogens with one attached hydrogen (secondary N) is 1. The summed E-state index contributed by atoms with van der Waals surface area (Å²) in [6.45, 7) is 3.93. The molecule has 1 aromatic rings. The Bertz CT molecular complexity index is 378. The Morgan fingerprint density at radius 3 is 2.56 bits per heavy atom. The maximum Gasteiger partial charge on any atom is 0.163 e. The average Bonchev–Trinajstić information content (AvgIpc) is 2.21. The molecule has 16 heavy (non-hydrogen) atoms. The first-order valence-corrected chi connectivity index (χ1v) is 5.21. The number of nitrogen functional groups attached to an aromatic ring is 1. The fraction of sp³-hybridized carbons (Fsp3) is 0.417. The predicted octanol–water partition coefficient (Wildman–Crippen LogP) is 3.02. The number of halogens is 1. The highest BCUT2D eigenvalue weighted by molar-refractivity contribution is 5.99. The van der Waals surface area contributed by atoms with Gasteiger partial charge in [0.25, 0.3) is 0 Å². The Morgan fingerprint density at radius 1 is 1.44 bits per heavy atom. The van der Waals surface area contributed by atoms with Gasteiger partial charge in [-0.25, -0.2) is 0 Å². The number of aryl methyl sites for hydroxylation is 1. The van der Waals surface area contributed by atoms with E-state index >= 15 is 0 Å². The third-order valence-electron chi connectivity index (χ3n) is 2.44. The molecule has 3 N–H and O–H groups in total. The summed E-state index contributed by atoms with van der Waals surface area (Å²) in [7, 11) is 1.82. The maximum absolute atomic E-state index is 11.7. The number of carbonyl (C=O) groups excluding carboxylic acids is 1. The predicted molar refractivity (Wildman–Crippen MR) is 71.6 cm³/mol. The van der Waals surface area contributed by atoms with Gasteiger partial charge in [-0.2, -0.15) is 0 Å². The second-order valence-electron chi connectivity index (χ2n) is 3.68. The van der Waals surface area contributed by atoms with E-state index in [0.717, 1.165) is 23.2 Å². The van der Waals surface area contributed by atoms with E-state index in [9.17, 15) is 4.79 Å². The minimum Gasteiger partial charge on any atom is -0.397 e. The Hall–Kier alpha value is -1.22. The zero-order valence-corrected chi connectivity index (χ0v) is 10.8. The average molecular weight is 243 g/mol. The summed E-state index contributed by atoms with van der Waals surface area (Å²) in [6, 6.07) is 3.68. The van der Waals surface area contributed by atoms with E-state index in [1.165, 1.54) is 0 Å². The molecule has 3 nitrogen and oxygen atoms in total. The standard InChI is InChI=1S/C12H18N2O.ClH/c1-4-5-12(15)9-7-10(13)11(14-3)6-8(9)2;/h6-7,14H,4-5,13H2,1-3H3;1H. The van der Waals surface area contributed by atoms with Crippen LogP contribution in [-0.4, -0.2) is 12.8 Å². The van der Waals surface area contributed by atoms with Crippen LogP contribution in [0.25, 0.3) is 0 Å². The molecule has 0 amide bonds. The van der Waals surface area contributed by atoms with Crippen molar-refractivity contribution in [2.45, 2.75) is 26.7 Å². The van der Waals surface area contributed by atoms with Crippen molar-refractivity contribution >= 4 is 29.6 Å². The minimum absolute atomic E-state index is 0. The van der Waals surface area contributed by atoms with E-state index in [2.05, 4.69) is 5.32 Å². The Morgan fingerprint density at radius 2 is 2.06 bits per heavy atom. The molecule has 0 fully saturated rings. The lowest BCUT2D eigenvalue weighted by Crippen LogP contribution is -2.05. The van der Waals surface area contributed by atoms with Crippen molar-refractivity contribution in [3.8, 4) is 0 Å². The number of hydrogen-bond donors (Lipinski definition) is 2. The Kier molecular flexibility index (Phi) is 5.89. The second kappa shape index (κ2) is 6.38. The highest BCUT2D eigenvalue weighted by Crippen LogP contribution is 2.24. The number of benzene rings is 1. The van der Waals surface area contributed by atoms with Crippen LogP contribution in [0.2, 0.25) is 0 Å². The van der Waals surface area contributed by atoms with Gasteiger partial charge in [0.2, 0.25) is 0 Å². The van der Waals surface area contributed by atoms with E-state index in [-0.39, 0.29) is 18.2 Å². The Labute approximate surface area is 103 Å². The van der Waals surface area contributed by atoms with Crippen LogP contribution >= 0.6 is 12.4 Å². The van der Waals surface area contributed by atoms with Gasteiger partial charge in [0.1, 0.15) is 0 Å². The van der Waals surface area contributed by atoms with E-state index in [0.29, 0.717) is 12.1 Å². The number of Topliss-reactive ketones (excluding diaryl/α,β-unsaturated/α-hetero) is 1. The summed E-state index contributed by atoms with van der Waals surface area (Å²) in [4.78, 5) is 11.7. The van der Waals surface area contributed by atoms with Crippen LogP contribution in [-0.2, 0) is 0 Å². The number of rotatable bonds is 4. The molecule has 0 aliphatic carbocycles. The lowest BCUT2D eigenvalue weighted by molar-refractivity contribution is 0.0981. The van der Waals surface area contributed by atoms with Gasteiger partial charge in [-0.1, -0.05) is 6.92 Å². The molecule has 0 spiro atoms. The van der Waals surface area contributed by atoms with E-state index in [4.69, 9.17) is 5.73 Å². The molecule has 0 saturated heterocycles. The van der Waals surface area contributed by atoms with Crippen molar-refractivity contribution in [2.75, 3.05) is 18.1 Å². The summed E-state index contributed by atoms with van der Waals surface area (Å²) < 4.78 is 0. The molecule has 0 aliphatic heterocycles. The van der Waals surface area contributed by atoms with Gasteiger partial charge in [0.05, 0.1) is 11.4 Å². The number of ketones is 1. The number of hydrogen-bond acceptors (Lipinski definition) is 3. The van der Waals surface area contributed by atoms with E-state index in [1.807, 2.05) is 27.0 Å². The molecular formula is C12H19ClN2O. The van der Waals surface area contributed by atoms with Crippen molar-refractivity contribution in [1.82, 2.24) is 0 Å². The summed E-state index contributed by atoms with van der Waals surface area (Å²) in [6.07, 6.45) is 1.45. The van der Waals surface area contributed by atoms with Gasteiger partial charge in [-0.15, -0.1) is 12.4 Å². The van der Waals surface area contributed by atoms with Crippen LogP contribution in [0.15, 0.2) is 12.1 Å². The van der Waals surface area contributed by atoms with Crippen LogP contribution < -0.4 is 11.1 Å². The van der Waals surface area contributed by atoms with Crippen molar-refractivity contribution in [3.05, 3.63) is 23.3 Å². The van der Waals surface area contributed by atoms with E-state index in [1.54, 1.807) is 6.07 Å². The molecule has 0 aromatic heterocycles. The molecule has 0 heterocycles. The van der Waals surface area contributed by atoms with Gasteiger partial charge >= 0.3 is 0 Å². The van der Waals surface area contributed by atoms with Crippen molar-refractivity contribution in [2.24, 2.45) is 0 Å². The van der Waals surface area contributed by atoms with Crippen LogP contribution in [0, 0.1) is 6.92 Å². The lowest BCUT2D eigenvalue weighted by Gasteiger charge is -2.10. The smallest absolute Gasteiger partial charge is 0.163 e. The zero-order valence-electron chi connectivity index (χ0n) is 9.96. The molecule has 90 valence electrons. The molecule has 0 aliphatic rings. The highest BCUT2D eigenvalue weighted by Gasteiger charge is 2.10. The molecule has 0 atom stereocenters. The first-order chi connectivity index (χ1) is 7.10. The molecule has 0 unspecified atom stereocenters. The second-order valence-corrected chi connectivity index (χ2v) is 3.68. The monoisotopic (exact) mass is 242 g/mol. The van der Waals surface area contributed by atoms with Gasteiger partial charge < -0.3 is 11.1 Å². The molecule has 1 rings (SSSR count). The summed E-state index contributed by atoms with van der Waals surface area (Å²) >= 11 is 0. The zero-order chi connectivity index (χ0) is 11.4. The number of anilines is 2. The van der Waals surface area contributed by atoms with Gasteiger partial charge in [0.15, 0.2) is 5.78 Å². The lowest BCUT2D eigenvalue weighted by atomic mass is 10.00. The van der Waals surface area contributed by atoms with Crippen molar-refractivity contribution < 1.29 is 4.79 Å². The quantitative estimate of drug-likeness (QED) is 0.630. The topological polar surface area (TPSA) is 55.1 Å². The molecule has 0 saturated carbocycles. The summed E-state index contributed by atoms with van der Waals surface area (Å²) in [5, 5.41) is 3.00. The van der Waals surface area contributed by atoms with Crippen molar-refractivity contribution in [1.29, 1.82) is 0 Å². The summed E-state index contributed by atoms with van der Waals surface area (Å²) in [5.41, 5.74) is 9.05. The number of nitrogens with two attached hydrogens (primary N) is 1. The third kappa shape index (κ3) is 3.14.